The molecule has 0 aliphatic rings. The van der Waals surface area contributed by atoms with Gasteiger partial charge in [0, 0.05) is 12.0 Å². The zero-order valence-electron chi connectivity index (χ0n) is 10.8. The maximum atomic E-state index is 12.8. The summed E-state index contributed by atoms with van der Waals surface area (Å²) in [6.45, 7) is 0. The Morgan fingerprint density at radius 1 is 1.32 bits per heavy atom. The Kier molecular flexibility index (Phi) is 5.54. The minimum Gasteiger partial charge on any atom is -0.493 e. The predicted molar refractivity (Wildman–Crippen MR) is 65.1 cm³/mol. The Morgan fingerprint density at radius 2 is 2.00 bits per heavy atom. The van der Waals surface area contributed by atoms with Crippen LogP contribution in [-0.4, -0.2) is 25.3 Å². The predicted octanol–water partition coefficient (Wildman–Crippen LogP) is 3.05. The SMILES string of the molecule is COc1cc(C(F)F)cc(CCCC(=O)O)c1OC. The quantitative estimate of drug-likeness (QED) is 0.830. The first kappa shape index (κ1) is 15.2. The second-order valence-electron chi connectivity index (χ2n) is 3.96. The number of alkyl halides is 2. The Morgan fingerprint density at radius 3 is 2.47 bits per heavy atom. The lowest BCUT2D eigenvalue weighted by molar-refractivity contribution is -0.137. The van der Waals surface area contributed by atoms with Gasteiger partial charge in [0.1, 0.15) is 0 Å². The monoisotopic (exact) mass is 274 g/mol. The molecule has 0 saturated heterocycles. The molecule has 0 saturated carbocycles. The molecule has 1 N–H and O–H groups in total. The van der Waals surface area contributed by atoms with Gasteiger partial charge in [0.25, 0.3) is 6.43 Å². The van der Waals surface area contributed by atoms with E-state index >= 15 is 0 Å². The summed E-state index contributed by atoms with van der Waals surface area (Å²) < 4.78 is 35.7. The highest BCUT2D eigenvalue weighted by Crippen LogP contribution is 2.36. The maximum absolute atomic E-state index is 12.8. The number of methoxy groups -OCH3 is 2. The number of rotatable bonds is 7. The molecule has 0 radical (unpaired) electrons. The van der Waals surface area contributed by atoms with Crippen molar-refractivity contribution in [2.75, 3.05) is 14.2 Å². The van der Waals surface area contributed by atoms with Gasteiger partial charge in [0.2, 0.25) is 0 Å². The van der Waals surface area contributed by atoms with Crippen LogP contribution in [0.2, 0.25) is 0 Å². The van der Waals surface area contributed by atoms with Crippen molar-refractivity contribution in [3.63, 3.8) is 0 Å². The van der Waals surface area contributed by atoms with Gasteiger partial charge in [-0.25, -0.2) is 8.78 Å². The number of carbonyl (C=O) groups is 1. The Labute approximate surface area is 109 Å². The van der Waals surface area contributed by atoms with Crippen molar-refractivity contribution in [3.05, 3.63) is 23.3 Å². The molecule has 0 heterocycles. The molecule has 6 heteroatoms. The summed E-state index contributed by atoms with van der Waals surface area (Å²) in [6, 6.07) is 2.55. The second kappa shape index (κ2) is 6.92. The van der Waals surface area contributed by atoms with E-state index in [0.29, 0.717) is 24.2 Å². The van der Waals surface area contributed by atoms with E-state index in [1.165, 1.54) is 26.4 Å². The summed E-state index contributed by atoms with van der Waals surface area (Å²) in [5.41, 5.74) is 0.362. The van der Waals surface area contributed by atoms with Gasteiger partial charge in [0.15, 0.2) is 11.5 Å². The van der Waals surface area contributed by atoms with Gasteiger partial charge in [-0.3, -0.25) is 4.79 Å². The topological polar surface area (TPSA) is 55.8 Å². The molecule has 0 spiro atoms. The largest absolute Gasteiger partial charge is 0.493 e. The molecule has 4 nitrogen and oxygen atoms in total. The molecule has 0 atom stereocenters. The third kappa shape index (κ3) is 4.08. The number of hydrogen-bond acceptors (Lipinski definition) is 3. The highest BCUT2D eigenvalue weighted by atomic mass is 19.3. The van der Waals surface area contributed by atoms with Crippen molar-refractivity contribution in [1.82, 2.24) is 0 Å². The summed E-state index contributed by atoms with van der Waals surface area (Å²) in [7, 11) is 2.79. The van der Waals surface area contributed by atoms with E-state index in [-0.39, 0.29) is 17.7 Å². The minimum absolute atomic E-state index is 0.0234. The van der Waals surface area contributed by atoms with Gasteiger partial charge in [-0.2, -0.15) is 0 Å². The highest BCUT2D eigenvalue weighted by Gasteiger charge is 2.17. The number of carboxylic acids is 1. The average molecular weight is 274 g/mol. The first-order valence-corrected chi connectivity index (χ1v) is 5.74. The van der Waals surface area contributed by atoms with E-state index < -0.39 is 12.4 Å². The molecule has 1 aromatic rings. The van der Waals surface area contributed by atoms with Crippen molar-refractivity contribution >= 4 is 5.97 Å². The van der Waals surface area contributed by atoms with E-state index in [1.54, 1.807) is 0 Å². The third-order valence-corrected chi connectivity index (χ3v) is 2.67. The number of aliphatic carboxylic acids is 1. The molecule has 0 aromatic heterocycles. The summed E-state index contributed by atoms with van der Waals surface area (Å²) >= 11 is 0. The van der Waals surface area contributed by atoms with Crippen LogP contribution in [0, 0.1) is 0 Å². The molecular formula is C13H16F2O4. The van der Waals surface area contributed by atoms with Crippen LogP contribution in [-0.2, 0) is 11.2 Å². The zero-order valence-corrected chi connectivity index (χ0v) is 10.8. The summed E-state index contributed by atoms with van der Waals surface area (Å²) in [6.07, 6.45) is -1.95. The van der Waals surface area contributed by atoms with E-state index in [0.717, 1.165) is 0 Å². The van der Waals surface area contributed by atoms with Gasteiger partial charge >= 0.3 is 5.97 Å². The van der Waals surface area contributed by atoms with Crippen molar-refractivity contribution in [3.8, 4) is 11.5 Å². The third-order valence-electron chi connectivity index (χ3n) is 2.67. The van der Waals surface area contributed by atoms with Crippen LogP contribution in [0.1, 0.15) is 30.4 Å². The van der Waals surface area contributed by atoms with Crippen LogP contribution >= 0.6 is 0 Å². The molecule has 0 amide bonds. The molecule has 19 heavy (non-hydrogen) atoms. The lowest BCUT2D eigenvalue weighted by Gasteiger charge is -2.14. The van der Waals surface area contributed by atoms with Gasteiger partial charge < -0.3 is 14.6 Å². The van der Waals surface area contributed by atoms with E-state index in [4.69, 9.17) is 14.6 Å². The first-order valence-electron chi connectivity index (χ1n) is 5.74. The summed E-state index contributed by atoms with van der Waals surface area (Å²) in [5, 5.41) is 8.59. The molecule has 1 aromatic carbocycles. The normalized spacial score (nSPS) is 10.6. The van der Waals surface area contributed by atoms with E-state index in [2.05, 4.69) is 0 Å². The Hall–Kier alpha value is -1.85. The van der Waals surface area contributed by atoms with E-state index in [1.807, 2.05) is 0 Å². The van der Waals surface area contributed by atoms with Crippen molar-refractivity contribution < 1.29 is 28.2 Å². The van der Waals surface area contributed by atoms with Crippen LogP contribution in [0.25, 0.3) is 0 Å². The Bertz CT molecular complexity index is 447. The fraction of sp³-hybridized carbons (Fsp3) is 0.462. The molecule has 106 valence electrons. The highest BCUT2D eigenvalue weighted by molar-refractivity contribution is 5.66. The molecule has 0 aliphatic carbocycles. The lowest BCUT2D eigenvalue weighted by Crippen LogP contribution is -2.01. The van der Waals surface area contributed by atoms with Gasteiger partial charge in [-0.15, -0.1) is 0 Å². The van der Waals surface area contributed by atoms with Crippen LogP contribution in [0.15, 0.2) is 12.1 Å². The number of halogens is 2. The summed E-state index contributed by atoms with van der Waals surface area (Å²) in [4.78, 5) is 10.5. The fourth-order valence-electron chi connectivity index (χ4n) is 1.81. The lowest BCUT2D eigenvalue weighted by atomic mass is 10.0. The minimum atomic E-state index is -2.61. The molecule has 0 bridgehead atoms. The fourth-order valence-corrected chi connectivity index (χ4v) is 1.81. The number of hydrogen-bond donors (Lipinski definition) is 1. The first-order chi connectivity index (χ1) is 8.99. The number of ether oxygens (including phenoxy) is 2. The van der Waals surface area contributed by atoms with E-state index in [9.17, 15) is 13.6 Å². The summed E-state index contributed by atoms with van der Waals surface area (Å²) in [5.74, 6) is -0.321. The number of benzene rings is 1. The molecule has 1 rings (SSSR count). The second-order valence-corrected chi connectivity index (χ2v) is 3.96. The smallest absolute Gasteiger partial charge is 0.303 e. The van der Waals surface area contributed by atoms with Crippen molar-refractivity contribution in [2.45, 2.75) is 25.7 Å². The van der Waals surface area contributed by atoms with Crippen LogP contribution < -0.4 is 9.47 Å². The van der Waals surface area contributed by atoms with Crippen molar-refractivity contribution in [2.24, 2.45) is 0 Å². The zero-order chi connectivity index (χ0) is 14.4. The van der Waals surface area contributed by atoms with Crippen molar-refractivity contribution in [1.29, 1.82) is 0 Å². The number of carboxylic acid groups (broad SMARTS) is 1. The number of aryl methyl sites for hydroxylation is 1. The van der Waals surface area contributed by atoms with Gasteiger partial charge in [-0.05, 0) is 30.5 Å². The average Bonchev–Trinajstić information content (AvgIpc) is 2.37. The molecule has 0 unspecified atom stereocenters. The van der Waals surface area contributed by atoms with Gasteiger partial charge in [-0.1, -0.05) is 0 Å². The van der Waals surface area contributed by atoms with Gasteiger partial charge in [0.05, 0.1) is 14.2 Å². The van der Waals surface area contributed by atoms with Crippen LogP contribution in [0.5, 0.6) is 11.5 Å². The Balaban J connectivity index is 3.03. The molecule has 0 aliphatic heterocycles. The van der Waals surface area contributed by atoms with Crippen LogP contribution in [0.3, 0.4) is 0 Å². The standard InChI is InChI=1S/C13H16F2O4/c1-18-10-7-9(13(14)15)6-8(12(10)19-2)4-3-5-11(16)17/h6-7,13H,3-5H2,1-2H3,(H,16,17). The molecule has 0 fully saturated rings. The molecular weight excluding hydrogens is 258 g/mol. The van der Waals surface area contributed by atoms with Crippen LogP contribution in [0.4, 0.5) is 8.78 Å². The maximum Gasteiger partial charge on any atom is 0.303 e.